The lowest BCUT2D eigenvalue weighted by molar-refractivity contribution is 0.551. The van der Waals surface area contributed by atoms with Crippen LogP contribution >= 0.6 is 0 Å². The van der Waals surface area contributed by atoms with E-state index in [1.165, 1.54) is 0 Å². The van der Waals surface area contributed by atoms with E-state index < -0.39 is 0 Å². The summed E-state index contributed by atoms with van der Waals surface area (Å²) in [7, 11) is 2.05. The lowest BCUT2D eigenvalue weighted by Gasteiger charge is -2.36. The number of benzene rings is 1. The zero-order chi connectivity index (χ0) is 20.2. The van der Waals surface area contributed by atoms with Gasteiger partial charge in [-0.1, -0.05) is 24.2 Å². The number of rotatable bonds is 2. The van der Waals surface area contributed by atoms with Crippen LogP contribution in [0, 0.1) is 0 Å². The van der Waals surface area contributed by atoms with Crippen molar-refractivity contribution in [3.63, 3.8) is 0 Å². The molecule has 0 amide bonds. The van der Waals surface area contributed by atoms with Crippen LogP contribution in [0.1, 0.15) is 6.92 Å². The lowest BCUT2D eigenvalue weighted by atomic mass is 9.69. The van der Waals surface area contributed by atoms with Gasteiger partial charge in [-0.3, -0.25) is 0 Å². The number of hydrogen-bond donors (Lipinski definition) is 0. The molecular weight excluding hydrogens is 375 g/mol. The monoisotopic (exact) mass is 394 g/mol. The summed E-state index contributed by atoms with van der Waals surface area (Å²) in [5, 5.41) is 2.09. The molecule has 0 unspecified atom stereocenters. The van der Waals surface area contributed by atoms with Crippen molar-refractivity contribution in [2.24, 2.45) is 0 Å². The molecule has 30 heavy (non-hydrogen) atoms. The van der Waals surface area contributed by atoms with E-state index in [0.29, 0.717) is 5.71 Å². The second-order valence-electron chi connectivity index (χ2n) is 7.56. The zero-order valence-corrected chi connectivity index (χ0v) is 16.7. The van der Waals surface area contributed by atoms with Crippen molar-refractivity contribution in [3.05, 3.63) is 71.7 Å². The van der Waals surface area contributed by atoms with Crippen LogP contribution in [-0.4, -0.2) is 40.0 Å². The first kappa shape index (κ1) is 17.1. The van der Waals surface area contributed by atoms with Crippen LogP contribution in [-0.2, 0) is 0 Å². The minimum Gasteiger partial charge on any atom is -0.436 e. The molecule has 2 aliphatic rings. The van der Waals surface area contributed by atoms with Crippen LogP contribution in [0.5, 0.6) is 0 Å². The van der Waals surface area contributed by atoms with E-state index in [1.54, 1.807) is 18.6 Å². The summed E-state index contributed by atoms with van der Waals surface area (Å²) >= 11 is 0. The molecule has 0 saturated carbocycles. The number of fused-ring (bicyclic) bond motifs is 4. The molecule has 0 N–H and O–H groups in total. The average molecular weight is 394 g/mol. The summed E-state index contributed by atoms with van der Waals surface area (Å²) in [6.07, 6.45) is 7.32. The molecule has 0 saturated heterocycles. The second kappa shape index (κ2) is 6.35. The van der Waals surface area contributed by atoms with Gasteiger partial charge in [0.25, 0.3) is 0 Å². The predicted octanol–water partition coefficient (Wildman–Crippen LogP) is 2.11. The quantitative estimate of drug-likeness (QED) is 0.483. The number of para-hydroxylation sites is 1. The molecule has 0 radical (unpaired) electrons. The highest BCUT2D eigenvalue weighted by atomic mass is 16.3. The Bertz CT molecular complexity index is 1370. The third-order valence-electron chi connectivity index (χ3n) is 5.82. The topological polar surface area (TPSA) is 61.5 Å². The molecule has 1 aromatic carbocycles. The smallest absolute Gasteiger partial charge is 0.406 e. The molecule has 146 valence electrons. The van der Waals surface area contributed by atoms with Crippen LogP contribution in [0.4, 0.5) is 17.3 Å². The van der Waals surface area contributed by atoms with Crippen LogP contribution in [0.25, 0.3) is 23.3 Å². The summed E-state index contributed by atoms with van der Waals surface area (Å²) in [6, 6.07) is 14.3. The van der Waals surface area contributed by atoms with Crippen molar-refractivity contribution in [1.29, 1.82) is 0 Å². The van der Waals surface area contributed by atoms with E-state index in [2.05, 4.69) is 62.6 Å². The van der Waals surface area contributed by atoms with E-state index in [9.17, 15) is 0 Å². The fourth-order valence-electron chi connectivity index (χ4n) is 4.47. The maximum atomic E-state index is 5.96. The molecule has 0 spiro atoms. The molecule has 4 aromatic rings. The number of hydrogen-bond acceptors (Lipinski definition) is 7. The predicted molar refractivity (Wildman–Crippen MR) is 118 cm³/mol. The van der Waals surface area contributed by atoms with Crippen LogP contribution in [0.15, 0.2) is 65.5 Å². The molecule has 6 rings (SSSR count). The summed E-state index contributed by atoms with van der Waals surface area (Å²) < 4.78 is 5.96. The van der Waals surface area contributed by atoms with Crippen molar-refractivity contribution < 1.29 is 4.42 Å². The van der Waals surface area contributed by atoms with Gasteiger partial charge in [0.15, 0.2) is 17.1 Å². The maximum absolute atomic E-state index is 5.96. The average Bonchev–Trinajstić information content (AvgIpc) is 3.27. The van der Waals surface area contributed by atoms with Crippen molar-refractivity contribution in [2.75, 3.05) is 16.8 Å². The maximum Gasteiger partial charge on any atom is 0.406 e. The fourth-order valence-corrected chi connectivity index (χ4v) is 4.47. The molecule has 5 heterocycles. The minimum atomic E-state index is -0.0438. The highest BCUT2D eigenvalue weighted by Crippen LogP contribution is 2.41. The lowest BCUT2D eigenvalue weighted by Crippen LogP contribution is -2.56. The van der Waals surface area contributed by atoms with Crippen molar-refractivity contribution in [3.8, 4) is 0 Å². The molecule has 8 heteroatoms. The third-order valence-corrected chi connectivity index (χ3v) is 5.82. The van der Waals surface area contributed by atoms with Gasteiger partial charge in [-0.25, -0.2) is 15.0 Å². The second-order valence-corrected chi connectivity index (χ2v) is 7.56. The summed E-state index contributed by atoms with van der Waals surface area (Å²) in [6.45, 7) is 2.14. The van der Waals surface area contributed by atoms with E-state index in [4.69, 9.17) is 9.40 Å². The molecular formula is C22H19BN6O. The zero-order valence-electron chi connectivity index (χ0n) is 16.7. The largest absolute Gasteiger partial charge is 0.436 e. The Balaban J connectivity index is 1.52. The number of anilines is 3. The Morgan fingerprint density at radius 3 is 2.57 bits per heavy atom. The highest BCUT2D eigenvalue weighted by molar-refractivity contribution is 6.75. The van der Waals surface area contributed by atoms with Crippen molar-refractivity contribution in [2.45, 2.75) is 13.1 Å². The van der Waals surface area contributed by atoms with Crippen molar-refractivity contribution in [1.82, 2.24) is 19.8 Å². The van der Waals surface area contributed by atoms with E-state index >= 15 is 0 Å². The normalized spacial score (nSPS) is 17.6. The van der Waals surface area contributed by atoms with E-state index in [-0.39, 0.29) is 13.1 Å². The number of aromatic nitrogens is 3. The van der Waals surface area contributed by atoms with Crippen LogP contribution in [0.3, 0.4) is 0 Å². The van der Waals surface area contributed by atoms with Gasteiger partial charge in [0.1, 0.15) is 0 Å². The summed E-state index contributed by atoms with van der Waals surface area (Å²) in [5.41, 5.74) is 2.58. The first-order valence-electron chi connectivity index (χ1n) is 9.95. The SMILES string of the molecule is C[C@@H]1N(B2C=c3c(oc4ncccc34)=CN2C)c2nccnc2N1c1ccccc1. The van der Waals surface area contributed by atoms with Gasteiger partial charge in [-0.2, -0.15) is 0 Å². The molecule has 0 bridgehead atoms. The highest BCUT2D eigenvalue weighted by Gasteiger charge is 2.43. The Labute approximate surface area is 173 Å². The van der Waals surface area contributed by atoms with Crippen molar-refractivity contribution >= 4 is 47.6 Å². The Hall–Kier alpha value is -3.81. The Morgan fingerprint density at radius 2 is 1.73 bits per heavy atom. The Morgan fingerprint density at radius 1 is 0.933 bits per heavy atom. The molecule has 0 aliphatic carbocycles. The van der Waals surface area contributed by atoms with Gasteiger partial charge in [0.2, 0.25) is 5.71 Å². The third kappa shape index (κ3) is 2.36. The molecule has 7 nitrogen and oxygen atoms in total. The number of pyridine rings is 1. The van der Waals surface area contributed by atoms with Crippen LogP contribution in [0.2, 0.25) is 0 Å². The molecule has 3 aromatic heterocycles. The fraction of sp³-hybridized carbons (Fsp3) is 0.136. The van der Waals surface area contributed by atoms with Gasteiger partial charge in [-0.15, -0.1) is 0 Å². The first-order valence-corrected chi connectivity index (χ1v) is 9.95. The van der Waals surface area contributed by atoms with Gasteiger partial charge in [0, 0.05) is 41.1 Å². The summed E-state index contributed by atoms with van der Waals surface area (Å²) in [4.78, 5) is 20.4. The molecule has 0 fully saturated rings. The minimum absolute atomic E-state index is 0.0275. The van der Waals surface area contributed by atoms with Gasteiger partial charge in [0.05, 0.1) is 6.17 Å². The van der Waals surface area contributed by atoms with Crippen LogP contribution < -0.4 is 20.3 Å². The van der Waals surface area contributed by atoms with Gasteiger partial charge in [-0.05, 0) is 38.2 Å². The molecule has 2 aliphatic heterocycles. The van der Waals surface area contributed by atoms with E-state index in [0.717, 1.165) is 33.3 Å². The van der Waals surface area contributed by atoms with E-state index in [1.807, 2.05) is 30.5 Å². The summed E-state index contributed by atoms with van der Waals surface area (Å²) in [5.74, 6) is 3.96. The van der Waals surface area contributed by atoms with Gasteiger partial charge < -0.3 is 18.9 Å². The van der Waals surface area contributed by atoms with Gasteiger partial charge >= 0.3 is 6.98 Å². The first-order chi connectivity index (χ1) is 14.7. The molecule has 1 atom stereocenters. The Kier molecular flexibility index (Phi) is 3.62. The number of nitrogens with zero attached hydrogens (tertiary/aromatic N) is 6. The number of furan rings is 1. The standard InChI is InChI=1S/C22H19BN6O/c1-15-28(16-7-4-3-5-8-16)20-21(25-12-11-24-20)29(15)23-13-18-17-9-6-10-26-22(17)30-19(18)14-27(23)2/h3-15H,1-2H3/t15-/m0/s1.